The lowest BCUT2D eigenvalue weighted by molar-refractivity contribution is 0.379. The summed E-state index contributed by atoms with van der Waals surface area (Å²) >= 11 is 0. The van der Waals surface area contributed by atoms with Gasteiger partial charge in [-0.25, -0.2) is 9.07 Å². The second-order valence-electron chi connectivity index (χ2n) is 3.61. The average molecular weight is 235 g/mol. The average Bonchev–Trinajstić information content (AvgIpc) is 2.73. The second kappa shape index (κ2) is 4.97. The molecule has 0 unspecified atom stereocenters. The molecule has 0 bridgehead atoms. The number of benzene rings is 1. The van der Waals surface area contributed by atoms with Crippen LogP contribution in [0, 0.1) is 5.82 Å². The number of hydrogen-bond donors (Lipinski definition) is 1. The fraction of sp³-hybridized carbons (Fsp3) is 0.250. The molecule has 5 heteroatoms. The Hall–Kier alpha value is -1.88. The quantitative estimate of drug-likeness (QED) is 0.874. The first-order chi connectivity index (χ1) is 8.26. The van der Waals surface area contributed by atoms with Crippen LogP contribution in [-0.4, -0.2) is 23.4 Å². The van der Waals surface area contributed by atoms with Gasteiger partial charge in [-0.05, 0) is 37.2 Å². The second-order valence-corrected chi connectivity index (χ2v) is 3.61. The van der Waals surface area contributed by atoms with E-state index in [1.54, 1.807) is 30.1 Å². The van der Waals surface area contributed by atoms with Crippen LogP contribution in [0.1, 0.15) is 5.56 Å². The lowest BCUT2D eigenvalue weighted by Crippen LogP contribution is -2.05. The number of nitrogens with two attached hydrogens (primary N) is 1. The lowest BCUT2D eigenvalue weighted by atomic mass is 10.2. The number of rotatable bonds is 4. The van der Waals surface area contributed by atoms with Crippen molar-refractivity contribution in [1.82, 2.24) is 9.78 Å². The predicted octanol–water partition coefficient (Wildman–Crippen LogP) is 1.52. The van der Waals surface area contributed by atoms with Crippen molar-refractivity contribution in [2.75, 3.05) is 13.7 Å². The maximum absolute atomic E-state index is 12.8. The Morgan fingerprint density at radius 1 is 1.35 bits per heavy atom. The normalized spacial score (nSPS) is 10.5. The van der Waals surface area contributed by atoms with Crippen molar-refractivity contribution in [2.45, 2.75) is 6.42 Å². The van der Waals surface area contributed by atoms with Gasteiger partial charge in [0.05, 0.1) is 19.0 Å². The number of hydrogen-bond acceptors (Lipinski definition) is 3. The molecule has 0 amide bonds. The molecule has 2 N–H and O–H groups in total. The fourth-order valence-electron chi connectivity index (χ4n) is 1.68. The third kappa shape index (κ3) is 2.29. The summed E-state index contributed by atoms with van der Waals surface area (Å²) < 4.78 is 19.8. The van der Waals surface area contributed by atoms with E-state index in [0.717, 1.165) is 11.3 Å². The molecule has 0 aliphatic rings. The molecule has 1 aromatic heterocycles. The molecule has 1 heterocycles. The molecule has 4 nitrogen and oxygen atoms in total. The molecule has 0 aliphatic heterocycles. The molecule has 90 valence electrons. The van der Waals surface area contributed by atoms with Crippen molar-refractivity contribution >= 4 is 0 Å². The van der Waals surface area contributed by atoms with Crippen LogP contribution in [0.5, 0.6) is 5.88 Å². The van der Waals surface area contributed by atoms with Gasteiger partial charge in [0.2, 0.25) is 5.88 Å². The van der Waals surface area contributed by atoms with E-state index in [2.05, 4.69) is 5.10 Å². The van der Waals surface area contributed by atoms with Crippen molar-refractivity contribution in [2.24, 2.45) is 5.73 Å². The molecular formula is C12H14FN3O. The Kier molecular flexibility index (Phi) is 3.39. The van der Waals surface area contributed by atoms with Gasteiger partial charge in [0.1, 0.15) is 5.82 Å². The summed E-state index contributed by atoms with van der Waals surface area (Å²) in [6, 6.07) is 6.08. The minimum atomic E-state index is -0.276. The van der Waals surface area contributed by atoms with Crippen LogP contribution < -0.4 is 10.5 Å². The summed E-state index contributed by atoms with van der Waals surface area (Å²) in [5.41, 5.74) is 7.21. The summed E-state index contributed by atoms with van der Waals surface area (Å²) in [6.45, 7) is 0.533. The SMILES string of the molecule is COc1c(CCN)cnn1-c1ccc(F)cc1. The third-order valence-corrected chi connectivity index (χ3v) is 2.47. The van der Waals surface area contributed by atoms with Gasteiger partial charge in [-0.2, -0.15) is 5.10 Å². The topological polar surface area (TPSA) is 53.1 Å². The molecule has 2 rings (SSSR count). The maximum Gasteiger partial charge on any atom is 0.219 e. The summed E-state index contributed by atoms with van der Waals surface area (Å²) in [4.78, 5) is 0. The Labute approximate surface area is 98.8 Å². The van der Waals surface area contributed by atoms with Gasteiger partial charge in [0, 0.05) is 5.56 Å². The van der Waals surface area contributed by atoms with Crippen molar-refractivity contribution in [3.05, 3.63) is 41.8 Å². The number of aromatic nitrogens is 2. The van der Waals surface area contributed by atoms with Crippen molar-refractivity contribution in [3.8, 4) is 11.6 Å². The van der Waals surface area contributed by atoms with Gasteiger partial charge in [-0.1, -0.05) is 0 Å². The highest BCUT2D eigenvalue weighted by molar-refractivity contribution is 5.38. The largest absolute Gasteiger partial charge is 0.481 e. The van der Waals surface area contributed by atoms with Gasteiger partial charge in [-0.3, -0.25) is 0 Å². The van der Waals surface area contributed by atoms with Gasteiger partial charge < -0.3 is 10.5 Å². The Balaban J connectivity index is 2.41. The Bertz CT molecular complexity index is 493. The van der Waals surface area contributed by atoms with E-state index < -0.39 is 0 Å². The van der Waals surface area contributed by atoms with E-state index in [0.29, 0.717) is 18.8 Å². The minimum Gasteiger partial charge on any atom is -0.481 e. The van der Waals surface area contributed by atoms with Crippen LogP contribution in [-0.2, 0) is 6.42 Å². The van der Waals surface area contributed by atoms with Crippen LogP contribution in [0.15, 0.2) is 30.5 Å². The molecular weight excluding hydrogens is 221 g/mol. The maximum atomic E-state index is 12.8. The van der Waals surface area contributed by atoms with Gasteiger partial charge >= 0.3 is 0 Å². The molecule has 1 aromatic carbocycles. The van der Waals surface area contributed by atoms with E-state index in [1.807, 2.05) is 0 Å². The predicted molar refractivity (Wildman–Crippen MR) is 62.8 cm³/mol. The molecule has 0 radical (unpaired) electrons. The molecule has 0 aliphatic carbocycles. The smallest absolute Gasteiger partial charge is 0.219 e. The van der Waals surface area contributed by atoms with E-state index in [9.17, 15) is 4.39 Å². The van der Waals surface area contributed by atoms with Crippen LogP contribution in [0.4, 0.5) is 4.39 Å². The minimum absolute atomic E-state index is 0.276. The highest BCUT2D eigenvalue weighted by atomic mass is 19.1. The first kappa shape index (κ1) is 11.6. The zero-order chi connectivity index (χ0) is 12.3. The zero-order valence-corrected chi connectivity index (χ0v) is 9.56. The van der Waals surface area contributed by atoms with Crippen molar-refractivity contribution < 1.29 is 9.13 Å². The van der Waals surface area contributed by atoms with E-state index in [-0.39, 0.29) is 5.82 Å². The van der Waals surface area contributed by atoms with Crippen LogP contribution in [0.25, 0.3) is 5.69 Å². The zero-order valence-electron chi connectivity index (χ0n) is 9.56. The van der Waals surface area contributed by atoms with Crippen molar-refractivity contribution in [3.63, 3.8) is 0 Å². The third-order valence-electron chi connectivity index (χ3n) is 2.47. The number of methoxy groups -OCH3 is 1. The molecule has 0 saturated carbocycles. The number of nitrogens with zero attached hydrogens (tertiary/aromatic N) is 2. The molecule has 0 fully saturated rings. The van der Waals surface area contributed by atoms with Gasteiger partial charge in [0.25, 0.3) is 0 Å². The Morgan fingerprint density at radius 2 is 2.06 bits per heavy atom. The summed E-state index contributed by atoms with van der Waals surface area (Å²) in [6.07, 6.45) is 2.42. The molecule has 0 spiro atoms. The van der Waals surface area contributed by atoms with Crippen LogP contribution in [0.2, 0.25) is 0 Å². The highest BCUT2D eigenvalue weighted by Gasteiger charge is 2.11. The molecule has 17 heavy (non-hydrogen) atoms. The standard InChI is InChI=1S/C12H14FN3O/c1-17-12-9(6-7-14)8-15-16(12)11-4-2-10(13)3-5-11/h2-5,8H,6-7,14H2,1H3. The van der Waals surface area contributed by atoms with Crippen molar-refractivity contribution in [1.29, 1.82) is 0 Å². The van der Waals surface area contributed by atoms with E-state index >= 15 is 0 Å². The van der Waals surface area contributed by atoms with Crippen LogP contribution >= 0.6 is 0 Å². The summed E-state index contributed by atoms with van der Waals surface area (Å²) in [5.74, 6) is 0.365. The van der Waals surface area contributed by atoms with E-state index in [4.69, 9.17) is 10.5 Å². The van der Waals surface area contributed by atoms with Gasteiger partial charge in [-0.15, -0.1) is 0 Å². The van der Waals surface area contributed by atoms with E-state index in [1.165, 1.54) is 12.1 Å². The number of ether oxygens (including phenoxy) is 1. The molecule has 0 saturated heterocycles. The summed E-state index contributed by atoms with van der Waals surface area (Å²) in [5, 5.41) is 4.22. The lowest BCUT2D eigenvalue weighted by Gasteiger charge is -2.07. The van der Waals surface area contributed by atoms with Crippen LogP contribution in [0.3, 0.4) is 0 Å². The number of halogens is 1. The molecule has 0 atom stereocenters. The fourth-order valence-corrected chi connectivity index (χ4v) is 1.68. The monoisotopic (exact) mass is 235 g/mol. The first-order valence-electron chi connectivity index (χ1n) is 5.33. The highest BCUT2D eigenvalue weighted by Crippen LogP contribution is 2.22. The summed E-state index contributed by atoms with van der Waals surface area (Å²) in [7, 11) is 1.58. The molecule has 2 aromatic rings. The van der Waals surface area contributed by atoms with Gasteiger partial charge in [0.15, 0.2) is 0 Å². The Morgan fingerprint density at radius 3 is 2.65 bits per heavy atom. The first-order valence-corrected chi connectivity index (χ1v) is 5.33.